The van der Waals surface area contributed by atoms with Gasteiger partial charge in [0.25, 0.3) is 0 Å². The average molecular weight is 314 g/mol. The maximum atomic E-state index is 13.9. The molecular formula is C15H23FN2O2S. The molecule has 2 N–H and O–H groups in total. The van der Waals surface area contributed by atoms with Crippen LogP contribution in [0.5, 0.6) is 0 Å². The summed E-state index contributed by atoms with van der Waals surface area (Å²) in [6.45, 7) is 6.67. The summed E-state index contributed by atoms with van der Waals surface area (Å²) in [5.74, 6) is -0.521. The normalized spacial score (nSPS) is 19.7. The van der Waals surface area contributed by atoms with E-state index in [1.54, 1.807) is 0 Å². The van der Waals surface area contributed by atoms with Gasteiger partial charge in [0.1, 0.15) is 5.82 Å². The third-order valence-electron chi connectivity index (χ3n) is 4.08. The molecule has 118 valence electrons. The van der Waals surface area contributed by atoms with Crippen LogP contribution in [0.1, 0.15) is 37.8 Å². The third-order valence-corrected chi connectivity index (χ3v) is 6.05. The zero-order valence-electron chi connectivity index (χ0n) is 12.8. The van der Waals surface area contributed by atoms with E-state index < -0.39 is 15.8 Å². The Labute approximate surface area is 126 Å². The Morgan fingerprint density at radius 1 is 1.38 bits per heavy atom. The van der Waals surface area contributed by atoms with Crippen molar-refractivity contribution in [1.82, 2.24) is 4.31 Å². The highest BCUT2D eigenvalue weighted by atomic mass is 32.2. The Balaban J connectivity index is 2.47. The molecule has 6 heteroatoms. The summed E-state index contributed by atoms with van der Waals surface area (Å²) in [4.78, 5) is 0.0423. The van der Waals surface area contributed by atoms with Gasteiger partial charge in [0, 0.05) is 25.2 Å². The molecule has 1 saturated heterocycles. The van der Waals surface area contributed by atoms with Crippen LogP contribution < -0.4 is 5.73 Å². The van der Waals surface area contributed by atoms with Gasteiger partial charge in [-0.15, -0.1) is 0 Å². The predicted molar refractivity (Wildman–Crippen MR) is 80.8 cm³/mol. The van der Waals surface area contributed by atoms with E-state index in [4.69, 9.17) is 5.73 Å². The summed E-state index contributed by atoms with van der Waals surface area (Å²) in [5, 5.41) is 0. The Morgan fingerprint density at radius 3 is 2.62 bits per heavy atom. The quantitative estimate of drug-likeness (QED) is 0.932. The number of piperidine rings is 1. The number of hydrogen-bond donors (Lipinski definition) is 1. The smallest absolute Gasteiger partial charge is 0.243 e. The van der Waals surface area contributed by atoms with Crippen LogP contribution in [0.2, 0.25) is 0 Å². The van der Waals surface area contributed by atoms with E-state index in [0.717, 1.165) is 12.8 Å². The molecule has 4 nitrogen and oxygen atoms in total. The standard InChI is InChI=1S/C15H23FN2O2S/c1-11-13(16)7-12(9-17)8-14(11)21(19,20)18-6-4-5-15(2,3)10-18/h7-8H,4-6,9-10,17H2,1-3H3. The highest BCUT2D eigenvalue weighted by molar-refractivity contribution is 7.89. The lowest BCUT2D eigenvalue weighted by Crippen LogP contribution is -2.43. The first-order valence-corrected chi connectivity index (χ1v) is 8.61. The molecule has 0 bridgehead atoms. The molecule has 1 fully saturated rings. The third kappa shape index (κ3) is 3.27. The van der Waals surface area contributed by atoms with Crippen molar-refractivity contribution < 1.29 is 12.8 Å². The summed E-state index contributed by atoms with van der Waals surface area (Å²) >= 11 is 0. The molecular weight excluding hydrogens is 291 g/mol. The number of rotatable bonds is 3. The molecule has 0 atom stereocenters. The van der Waals surface area contributed by atoms with Gasteiger partial charge in [-0.25, -0.2) is 12.8 Å². The van der Waals surface area contributed by atoms with E-state index in [9.17, 15) is 12.8 Å². The Bertz CT molecular complexity index is 641. The molecule has 0 spiro atoms. The van der Waals surface area contributed by atoms with E-state index in [1.165, 1.54) is 23.4 Å². The van der Waals surface area contributed by atoms with Gasteiger partial charge in [0.2, 0.25) is 10.0 Å². The zero-order chi connectivity index (χ0) is 15.8. The number of hydrogen-bond acceptors (Lipinski definition) is 3. The minimum atomic E-state index is -3.68. The van der Waals surface area contributed by atoms with Gasteiger partial charge in [-0.05, 0) is 42.9 Å². The SMILES string of the molecule is Cc1c(F)cc(CN)cc1S(=O)(=O)N1CCCC(C)(C)C1. The van der Waals surface area contributed by atoms with E-state index in [1.807, 2.05) is 0 Å². The van der Waals surface area contributed by atoms with Gasteiger partial charge in [-0.3, -0.25) is 0 Å². The summed E-state index contributed by atoms with van der Waals surface area (Å²) in [6.07, 6.45) is 1.82. The first kappa shape index (κ1) is 16.4. The maximum Gasteiger partial charge on any atom is 0.243 e. The lowest BCUT2D eigenvalue weighted by Gasteiger charge is -2.37. The maximum absolute atomic E-state index is 13.9. The van der Waals surface area contributed by atoms with E-state index >= 15 is 0 Å². The molecule has 21 heavy (non-hydrogen) atoms. The molecule has 0 amide bonds. The Hall–Kier alpha value is -0.980. The molecule has 1 aliphatic heterocycles. The van der Waals surface area contributed by atoms with Crippen molar-refractivity contribution >= 4 is 10.0 Å². The first-order chi connectivity index (χ1) is 9.67. The molecule has 1 heterocycles. The second-order valence-corrected chi connectivity index (χ2v) is 8.42. The van der Waals surface area contributed by atoms with Crippen molar-refractivity contribution in [2.24, 2.45) is 11.1 Å². The highest BCUT2D eigenvalue weighted by Gasteiger charge is 2.35. The fourth-order valence-electron chi connectivity index (χ4n) is 2.81. The highest BCUT2D eigenvalue weighted by Crippen LogP contribution is 2.33. The van der Waals surface area contributed by atoms with Crippen molar-refractivity contribution in [2.45, 2.75) is 45.1 Å². The first-order valence-electron chi connectivity index (χ1n) is 7.17. The van der Waals surface area contributed by atoms with Crippen molar-refractivity contribution in [3.05, 3.63) is 29.1 Å². The minimum Gasteiger partial charge on any atom is -0.326 e. The molecule has 0 saturated carbocycles. The Kier molecular flexibility index (Phi) is 4.42. The summed E-state index contributed by atoms with van der Waals surface area (Å²) in [7, 11) is -3.68. The molecule has 1 aromatic carbocycles. The van der Waals surface area contributed by atoms with Crippen molar-refractivity contribution in [2.75, 3.05) is 13.1 Å². The fraction of sp³-hybridized carbons (Fsp3) is 0.600. The van der Waals surface area contributed by atoms with Crippen molar-refractivity contribution in [3.8, 4) is 0 Å². The van der Waals surface area contributed by atoms with Crippen molar-refractivity contribution in [1.29, 1.82) is 0 Å². The number of sulfonamides is 1. The zero-order valence-corrected chi connectivity index (χ0v) is 13.6. The monoisotopic (exact) mass is 314 g/mol. The van der Waals surface area contributed by atoms with Gasteiger partial charge < -0.3 is 5.73 Å². The van der Waals surface area contributed by atoms with Crippen LogP contribution in [-0.2, 0) is 16.6 Å². The molecule has 1 aliphatic rings. The van der Waals surface area contributed by atoms with Crippen LogP contribution >= 0.6 is 0 Å². The number of nitrogens with zero attached hydrogens (tertiary/aromatic N) is 1. The van der Waals surface area contributed by atoms with Gasteiger partial charge in [-0.2, -0.15) is 4.31 Å². The van der Waals surface area contributed by atoms with Gasteiger partial charge in [0.15, 0.2) is 0 Å². The topological polar surface area (TPSA) is 63.4 Å². The molecule has 0 unspecified atom stereocenters. The van der Waals surface area contributed by atoms with Crippen molar-refractivity contribution in [3.63, 3.8) is 0 Å². The molecule has 0 radical (unpaired) electrons. The number of halogens is 1. The van der Waals surface area contributed by atoms with Crippen LogP contribution in [0.25, 0.3) is 0 Å². The summed E-state index contributed by atoms with van der Waals surface area (Å²) < 4.78 is 41.1. The minimum absolute atomic E-state index is 0.0423. The second-order valence-electron chi connectivity index (χ2n) is 6.51. The van der Waals surface area contributed by atoms with Gasteiger partial charge >= 0.3 is 0 Å². The van der Waals surface area contributed by atoms with Crippen LogP contribution in [0, 0.1) is 18.2 Å². The fourth-order valence-corrected chi connectivity index (χ4v) is 4.76. The molecule has 0 aromatic heterocycles. The molecule has 1 aromatic rings. The van der Waals surface area contributed by atoms with Crippen LogP contribution in [0.15, 0.2) is 17.0 Å². The summed E-state index contributed by atoms with van der Waals surface area (Å²) in [6, 6.07) is 2.80. The largest absolute Gasteiger partial charge is 0.326 e. The number of benzene rings is 1. The lowest BCUT2D eigenvalue weighted by atomic mass is 9.85. The Morgan fingerprint density at radius 2 is 2.05 bits per heavy atom. The van der Waals surface area contributed by atoms with Gasteiger partial charge in [0.05, 0.1) is 4.90 Å². The van der Waals surface area contributed by atoms with E-state index in [-0.39, 0.29) is 22.4 Å². The van der Waals surface area contributed by atoms with Crippen LogP contribution in [-0.4, -0.2) is 25.8 Å². The average Bonchev–Trinajstić information content (AvgIpc) is 2.40. The lowest BCUT2D eigenvalue weighted by molar-refractivity contribution is 0.187. The number of nitrogens with two attached hydrogens (primary N) is 1. The predicted octanol–water partition coefficient (Wildman–Crippen LogP) is 2.40. The molecule has 0 aliphatic carbocycles. The van der Waals surface area contributed by atoms with E-state index in [2.05, 4.69) is 13.8 Å². The van der Waals surface area contributed by atoms with Gasteiger partial charge in [-0.1, -0.05) is 13.8 Å². The second kappa shape index (κ2) is 5.66. The summed E-state index contributed by atoms with van der Waals surface area (Å²) in [5.41, 5.74) is 6.13. The van der Waals surface area contributed by atoms with E-state index in [0.29, 0.717) is 18.7 Å². The molecule has 2 rings (SSSR count). The van der Waals surface area contributed by atoms with Crippen LogP contribution in [0.3, 0.4) is 0 Å². The van der Waals surface area contributed by atoms with Crippen LogP contribution in [0.4, 0.5) is 4.39 Å².